The standard InChI is InChI=1S/C16H16BrClFNO/c1-20-14(9-10-21-11-5-3-2-4-6-11)12-7-8-13(17)15(18)16(12)19/h2-8,14,20H,9-10H2,1H3. The predicted molar refractivity (Wildman–Crippen MR) is 87.5 cm³/mol. The van der Waals surface area contributed by atoms with Gasteiger partial charge in [0.25, 0.3) is 0 Å². The van der Waals surface area contributed by atoms with Gasteiger partial charge in [-0.25, -0.2) is 4.39 Å². The number of nitrogens with one attached hydrogen (secondary N) is 1. The molecule has 2 rings (SSSR count). The fourth-order valence-electron chi connectivity index (χ4n) is 2.08. The summed E-state index contributed by atoms with van der Waals surface area (Å²) in [6.07, 6.45) is 0.639. The molecule has 2 aromatic carbocycles. The highest BCUT2D eigenvalue weighted by atomic mass is 79.9. The van der Waals surface area contributed by atoms with Gasteiger partial charge >= 0.3 is 0 Å². The van der Waals surface area contributed by atoms with Crippen molar-refractivity contribution >= 4 is 27.5 Å². The van der Waals surface area contributed by atoms with E-state index in [4.69, 9.17) is 16.3 Å². The predicted octanol–water partition coefficient (Wildman–Crippen LogP) is 4.97. The number of halogens is 3. The Morgan fingerprint density at radius 1 is 1.24 bits per heavy atom. The average molecular weight is 373 g/mol. The van der Waals surface area contributed by atoms with Gasteiger partial charge in [-0.15, -0.1) is 0 Å². The number of para-hydroxylation sites is 1. The van der Waals surface area contributed by atoms with Crippen molar-refractivity contribution in [1.29, 1.82) is 0 Å². The second-order valence-corrected chi connectivity index (χ2v) is 5.79. The molecule has 0 aliphatic rings. The smallest absolute Gasteiger partial charge is 0.147 e. The molecule has 0 saturated carbocycles. The summed E-state index contributed by atoms with van der Waals surface area (Å²) in [5, 5.41) is 3.21. The molecular weight excluding hydrogens is 357 g/mol. The van der Waals surface area contributed by atoms with Crippen LogP contribution >= 0.6 is 27.5 Å². The van der Waals surface area contributed by atoms with Crippen molar-refractivity contribution in [3.05, 3.63) is 63.3 Å². The molecule has 112 valence electrons. The monoisotopic (exact) mass is 371 g/mol. The number of benzene rings is 2. The molecule has 0 aromatic heterocycles. The summed E-state index contributed by atoms with van der Waals surface area (Å²) in [4.78, 5) is 0. The maximum atomic E-state index is 14.2. The van der Waals surface area contributed by atoms with E-state index in [9.17, 15) is 4.39 Å². The van der Waals surface area contributed by atoms with Crippen LogP contribution in [0.1, 0.15) is 18.0 Å². The minimum absolute atomic E-state index is 0.108. The molecule has 0 saturated heterocycles. The molecule has 2 aromatic rings. The highest BCUT2D eigenvalue weighted by Crippen LogP contribution is 2.31. The highest BCUT2D eigenvalue weighted by Gasteiger charge is 2.17. The van der Waals surface area contributed by atoms with Crippen LogP contribution in [0.4, 0.5) is 4.39 Å². The minimum atomic E-state index is -0.398. The first-order chi connectivity index (χ1) is 10.1. The Morgan fingerprint density at radius 2 is 1.95 bits per heavy atom. The Bertz CT molecular complexity index is 594. The van der Waals surface area contributed by atoms with Crippen LogP contribution in [0.2, 0.25) is 5.02 Å². The summed E-state index contributed by atoms with van der Waals surface area (Å²) in [6, 6.07) is 12.9. The fourth-order valence-corrected chi connectivity index (χ4v) is 2.55. The van der Waals surface area contributed by atoms with E-state index in [1.165, 1.54) is 0 Å². The lowest BCUT2D eigenvalue weighted by molar-refractivity contribution is 0.288. The Morgan fingerprint density at radius 3 is 2.62 bits per heavy atom. The van der Waals surface area contributed by atoms with Gasteiger partial charge in [-0.2, -0.15) is 0 Å². The van der Waals surface area contributed by atoms with E-state index in [-0.39, 0.29) is 11.1 Å². The molecule has 5 heteroatoms. The van der Waals surface area contributed by atoms with Gasteiger partial charge in [0.05, 0.1) is 11.6 Å². The molecule has 2 nitrogen and oxygen atoms in total. The van der Waals surface area contributed by atoms with E-state index in [1.54, 1.807) is 19.2 Å². The molecule has 1 atom stereocenters. The summed E-state index contributed by atoms with van der Waals surface area (Å²) < 4.78 is 20.4. The first-order valence-electron chi connectivity index (χ1n) is 6.62. The molecule has 0 spiro atoms. The number of hydrogen-bond donors (Lipinski definition) is 1. The Balaban J connectivity index is 2.02. The number of ether oxygens (including phenoxy) is 1. The molecule has 0 aliphatic carbocycles. The maximum Gasteiger partial charge on any atom is 0.147 e. The van der Waals surface area contributed by atoms with Crippen LogP contribution in [-0.2, 0) is 0 Å². The van der Waals surface area contributed by atoms with Crippen molar-refractivity contribution in [3.63, 3.8) is 0 Å². The first-order valence-corrected chi connectivity index (χ1v) is 7.79. The van der Waals surface area contributed by atoms with E-state index >= 15 is 0 Å². The van der Waals surface area contributed by atoms with Crippen LogP contribution in [0.3, 0.4) is 0 Å². The third-order valence-electron chi connectivity index (χ3n) is 3.21. The van der Waals surface area contributed by atoms with Gasteiger partial charge in [-0.05, 0) is 41.2 Å². The van der Waals surface area contributed by atoms with Gasteiger partial charge < -0.3 is 10.1 Å². The SMILES string of the molecule is CNC(CCOc1ccccc1)c1ccc(Br)c(Cl)c1F. The topological polar surface area (TPSA) is 21.3 Å². The van der Waals surface area contributed by atoms with E-state index in [1.807, 2.05) is 30.3 Å². The first kappa shape index (κ1) is 16.3. The summed E-state index contributed by atoms with van der Waals surface area (Å²) in [6.45, 7) is 0.489. The van der Waals surface area contributed by atoms with E-state index in [0.717, 1.165) is 5.75 Å². The molecule has 0 amide bonds. The number of hydrogen-bond acceptors (Lipinski definition) is 2. The molecule has 21 heavy (non-hydrogen) atoms. The molecule has 0 bridgehead atoms. The van der Waals surface area contributed by atoms with Gasteiger partial charge in [0, 0.05) is 22.5 Å². The van der Waals surface area contributed by atoms with Crippen LogP contribution in [-0.4, -0.2) is 13.7 Å². The minimum Gasteiger partial charge on any atom is -0.494 e. The van der Waals surface area contributed by atoms with Crippen molar-refractivity contribution in [2.45, 2.75) is 12.5 Å². The third-order valence-corrected chi connectivity index (χ3v) is 4.47. The quantitative estimate of drug-likeness (QED) is 0.723. The molecular formula is C16H16BrClFNO. The Hall–Kier alpha value is -1.10. The summed E-state index contributed by atoms with van der Waals surface area (Å²) >= 11 is 9.15. The van der Waals surface area contributed by atoms with Crippen molar-refractivity contribution < 1.29 is 9.13 Å². The normalized spacial score (nSPS) is 12.2. The second-order valence-electron chi connectivity index (χ2n) is 4.56. The molecule has 0 aliphatic heterocycles. The lowest BCUT2D eigenvalue weighted by Gasteiger charge is -2.18. The molecule has 0 fully saturated rings. The highest BCUT2D eigenvalue weighted by molar-refractivity contribution is 9.10. The van der Waals surface area contributed by atoms with Crippen LogP contribution in [0.25, 0.3) is 0 Å². The van der Waals surface area contributed by atoms with Gasteiger partial charge in [0.1, 0.15) is 11.6 Å². The van der Waals surface area contributed by atoms with Crippen molar-refractivity contribution in [2.75, 3.05) is 13.7 Å². The van der Waals surface area contributed by atoms with Crippen molar-refractivity contribution in [2.24, 2.45) is 0 Å². The van der Waals surface area contributed by atoms with Gasteiger partial charge in [0.2, 0.25) is 0 Å². The average Bonchev–Trinajstić information content (AvgIpc) is 2.51. The van der Waals surface area contributed by atoms with E-state index in [0.29, 0.717) is 23.1 Å². The summed E-state index contributed by atoms with van der Waals surface area (Å²) in [5.74, 6) is 0.409. The second kappa shape index (κ2) is 7.78. The third kappa shape index (κ3) is 4.19. The number of rotatable bonds is 6. The molecule has 0 heterocycles. The zero-order valence-corrected chi connectivity index (χ0v) is 13.9. The van der Waals surface area contributed by atoms with E-state index in [2.05, 4.69) is 21.2 Å². The van der Waals surface area contributed by atoms with Gasteiger partial charge in [-0.3, -0.25) is 0 Å². The Labute approximate surface area is 137 Å². The molecule has 0 radical (unpaired) electrons. The molecule has 1 N–H and O–H groups in total. The summed E-state index contributed by atoms with van der Waals surface area (Å²) in [5.41, 5.74) is 0.544. The Kier molecular flexibility index (Phi) is 6.03. The lowest BCUT2D eigenvalue weighted by atomic mass is 10.0. The van der Waals surface area contributed by atoms with Crippen LogP contribution in [0.5, 0.6) is 5.75 Å². The fraction of sp³-hybridized carbons (Fsp3) is 0.250. The van der Waals surface area contributed by atoms with Crippen LogP contribution < -0.4 is 10.1 Å². The van der Waals surface area contributed by atoms with E-state index < -0.39 is 5.82 Å². The summed E-state index contributed by atoms with van der Waals surface area (Å²) in [7, 11) is 1.79. The van der Waals surface area contributed by atoms with Crippen LogP contribution in [0.15, 0.2) is 46.9 Å². The lowest BCUT2D eigenvalue weighted by Crippen LogP contribution is -2.20. The largest absolute Gasteiger partial charge is 0.494 e. The van der Waals surface area contributed by atoms with Crippen LogP contribution in [0, 0.1) is 5.82 Å². The van der Waals surface area contributed by atoms with Crippen molar-refractivity contribution in [1.82, 2.24) is 5.32 Å². The maximum absolute atomic E-state index is 14.2. The van der Waals surface area contributed by atoms with Gasteiger partial charge in [0.15, 0.2) is 0 Å². The van der Waals surface area contributed by atoms with Gasteiger partial charge in [-0.1, -0.05) is 35.9 Å². The zero-order chi connectivity index (χ0) is 15.2. The zero-order valence-electron chi connectivity index (χ0n) is 11.6. The molecule has 1 unspecified atom stereocenters. The van der Waals surface area contributed by atoms with Crippen molar-refractivity contribution in [3.8, 4) is 5.75 Å².